The molecule has 1 amide bonds. The van der Waals surface area contributed by atoms with Gasteiger partial charge < -0.3 is 14.4 Å². The van der Waals surface area contributed by atoms with Gasteiger partial charge in [-0.2, -0.15) is 11.8 Å². The lowest BCUT2D eigenvalue weighted by molar-refractivity contribution is -0.141. The first-order valence-electron chi connectivity index (χ1n) is 8.80. The third kappa shape index (κ3) is 3.35. The Labute approximate surface area is 147 Å². The number of carbonyl (C=O) groups excluding carboxylic acids is 1. The summed E-state index contributed by atoms with van der Waals surface area (Å²) in [6.45, 7) is 3.98. The summed E-state index contributed by atoms with van der Waals surface area (Å²) in [5, 5.41) is 0. The summed E-state index contributed by atoms with van der Waals surface area (Å²) in [7, 11) is 0. The Balaban J connectivity index is 1.36. The fourth-order valence-electron chi connectivity index (χ4n) is 3.68. The van der Waals surface area contributed by atoms with Crippen LogP contribution in [0, 0.1) is 0 Å². The monoisotopic (exact) mass is 348 g/mol. The first-order valence-corrected chi connectivity index (χ1v) is 9.96. The van der Waals surface area contributed by atoms with Gasteiger partial charge in [0.15, 0.2) is 11.5 Å². The molecule has 3 aliphatic rings. The fraction of sp³-hybridized carbons (Fsp3) is 0.611. The van der Waals surface area contributed by atoms with Gasteiger partial charge >= 0.3 is 0 Å². The lowest BCUT2D eigenvalue weighted by Crippen LogP contribution is -2.48. The van der Waals surface area contributed by atoms with Crippen LogP contribution in [-0.2, 0) is 4.79 Å². The first-order chi connectivity index (χ1) is 11.8. The van der Waals surface area contributed by atoms with Crippen molar-refractivity contribution in [3.8, 4) is 11.5 Å². The maximum atomic E-state index is 12.8. The van der Waals surface area contributed by atoms with Gasteiger partial charge in [-0.1, -0.05) is 12.1 Å². The average molecular weight is 348 g/mol. The molecular formula is C18H24N2O3S. The number of ether oxygens (including phenoxy) is 2. The molecule has 3 aliphatic heterocycles. The zero-order valence-electron chi connectivity index (χ0n) is 13.9. The number of rotatable bonds is 2. The second kappa shape index (κ2) is 7.23. The molecule has 5 nitrogen and oxygen atoms in total. The second-order valence-corrected chi connectivity index (χ2v) is 7.75. The van der Waals surface area contributed by atoms with Gasteiger partial charge in [-0.05, 0) is 30.7 Å². The topological polar surface area (TPSA) is 42.0 Å². The molecule has 24 heavy (non-hydrogen) atoms. The highest BCUT2D eigenvalue weighted by atomic mass is 32.2. The number of para-hydroxylation sites is 2. The lowest BCUT2D eigenvalue weighted by atomic mass is 10.2. The number of fused-ring (bicyclic) bond motifs is 1. The molecule has 2 fully saturated rings. The number of nitrogens with zero attached hydrogens (tertiary/aromatic N) is 2. The van der Waals surface area contributed by atoms with Crippen LogP contribution in [-0.4, -0.2) is 72.1 Å². The maximum Gasteiger partial charge on any atom is 0.267 e. The SMILES string of the molecule is O=C(C1COc2ccccc2O1)N1CCCN(C2CCSC2)CC1. The van der Waals surface area contributed by atoms with Crippen molar-refractivity contribution in [3.05, 3.63) is 24.3 Å². The first kappa shape index (κ1) is 16.1. The molecular weight excluding hydrogens is 324 g/mol. The summed E-state index contributed by atoms with van der Waals surface area (Å²) in [5.41, 5.74) is 0. The van der Waals surface area contributed by atoms with Gasteiger partial charge in [0.25, 0.3) is 5.91 Å². The summed E-state index contributed by atoms with van der Waals surface area (Å²) in [6, 6.07) is 8.25. The van der Waals surface area contributed by atoms with Gasteiger partial charge in [0.1, 0.15) is 6.61 Å². The number of hydrogen-bond acceptors (Lipinski definition) is 5. The van der Waals surface area contributed by atoms with Crippen LogP contribution in [0.1, 0.15) is 12.8 Å². The lowest BCUT2D eigenvalue weighted by Gasteiger charge is -2.30. The van der Waals surface area contributed by atoms with E-state index in [1.165, 1.54) is 17.9 Å². The normalized spacial score (nSPS) is 27.8. The molecule has 0 aromatic heterocycles. The Hall–Kier alpha value is -1.40. The van der Waals surface area contributed by atoms with E-state index in [4.69, 9.17) is 9.47 Å². The molecule has 3 heterocycles. The molecule has 0 aliphatic carbocycles. The largest absolute Gasteiger partial charge is 0.485 e. The van der Waals surface area contributed by atoms with E-state index in [1.54, 1.807) is 0 Å². The van der Waals surface area contributed by atoms with Crippen LogP contribution in [0.4, 0.5) is 0 Å². The third-order valence-electron chi connectivity index (χ3n) is 5.05. The van der Waals surface area contributed by atoms with Crippen molar-refractivity contribution in [1.82, 2.24) is 9.80 Å². The highest BCUT2D eigenvalue weighted by molar-refractivity contribution is 7.99. The maximum absolute atomic E-state index is 12.8. The molecule has 0 radical (unpaired) electrons. The van der Waals surface area contributed by atoms with Crippen molar-refractivity contribution in [2.75, 3.05) is 44.3 Å². The van der Waals surface area contributed by atoms with Crippen molar-refractivity contribution >= 4 is 17.7 Å². The van der Waals surface area contributed by atoms with E-state index in [1.807, 2.05) is 40.9 Å². The molecule has 0 N–H and O–H groups in total. The molecule has 4 rings (SSSR count). The summed E-state index contributed by atoms with van der Waals surface area (Å²) < 4.78 is 11.6. The minimum atomic E-state index is -0.520. The summed E-state index contributed by atoms with van der Waals surface area (Å²) in [6.07, 6.45) is 1.81. The summed E-state index contributed by atoms with van der Waals surface area (Å²) >= 11 is 2.05. The van der Waals surface area contributed by atoms with Crippen LogP contribution in [0.15, 0.2) is 24.3 Å². The minimum Gasteiger partial charge on any atom is -0.485 e. The molecule has 0 saturated carbocycles. The predicted molar refractivity (Wildman–Crippen MR) is 94.9 cm³/mol. The van der Waals surface area contributed by atoms with Crippen LogP contribution in [0.25, 0.3) is 0 Å². The molecule has 2 saturated heterocycles. The third-order valence-corrected chi connectivity index (χ3v) is 6.19. The van der Waals surface area contributed by atoms with E-state index in [-0.39, 0.29) is 5.91 Å². The van der Waals surface area contributed by atoms with Crippen LogP contribution >= 0.6 is 11.8 Å². The van der Waals surface area contributed by atoms with Crippen molar-refractivity contribution < 1.29 is 14.3 Å². The van der Waals surface area contributed by atoms with Crippen molar-refractivity contribution in [2.45, 2.75) is 25.0 Å². The fourth-order valence-corrected chi connectivity index (χ4v) is 4.93. The molecule has 6 heteroatoms. The zero-order chi connectivity index (χ0) is 16.4. The molecule has 1 aromatic carbocycles. The molecule has 2 unspecified atom stereocenters. The summed E-state index contributed by atoms with van der Waals surface area (Å²) in [4.78, 5) is 17.4. The van der Waals surface area contributed by atoms with Gasteiger partial charge in [-0.25, -0.2) is 0 Å². The van der Waals surface area contributed by atoms with Crippen LogP contribution in [0.5, 0.6) is 11.5 Å². The van der Waals surface area contributed by atoms with Gasteiger partial charge in [-0.15, -0.1) is 0 Å². The smallest absolute Gasteiger partial charge is 0.267 e. The average Bonchev–Trinajstić information content (AvgIpc) is 3.05. The Kier molecular flexibility index (Phi) is 4.85. The summed E-state index contributed by atoms with van der Waals surface area (Å²) in [5.74, 6) is 3.97. The van der Waals surface area contributed by atoms with Gasteiger partial charge in [0.2, 0.25) is 6.10 Å². The molecule has 0 bridgehead atoms. The minimum absolute atomic E-state index is 0.0622. The standard InChI is InChI=1S/C18H24N2O3S/c21-18(17-12-22-15-4-1-2-5-16(15)23-17)20-8-3-7-19(9-10-20)14-6-11-24-13-14/h1-2,4-5,14,17H,3,6-13H2. The molecule has 1 aromatic rings. The Morgan fingerprint density at radius 3 is 2.83 bits per heavy atom. The van der Waals surface area contributed by atoms with E-state index < -0.39 is 6.10 Å². The number of amides is 1. The number of benzene rings is 1. The Bertz CT molecular complexity index is 591. The van der Waals surface area contributed by atoms with Gasteiger partial charge in [0.05, 0.1) is 0 Å². The predicted octanol–water partition coefficient (Wildman–Crippen LogP) is 1.87. The van der Waals surface area contributed by atoms with Crippen LogP contribution in [0.3, 0.4) is 0 Å². The van der Waals surface area contributed by atoms with Crippen molar-refractivity contribution in [3.63, 3.8) is 0 Å². The van der Waals surface area contributed by atoms with Crippen LogP contribution < -0.4 is 9.47 Å². The van der Waals surface area contributed by atoms with Gasteiger partial charge in [-0.3, -0.25) is 9.69 Å². The number of carbonyl (C=O) groups is 1. The van der Waals surface area contributed by atoms with E-state index in [9.17, 15) is 4.79 Å². The highest BCUT2D eigenvalue weighted by Crippen LogP contribution is 2.31. The molecule has 130 valence electrons. The molecule has 0 spiro atoms. The Morgan fingerprint density at radius 1 is 1.12 bits per heavy atom. The van der Waals surface area contributed by atoms with E-state index >= 15 is 0 Å². The number of hydrogen-bond donors (Lipinski definition) is 0. The second-order valence-electron chi connectivity index (χ2n) is 6.60. The highest BCUT2D eigenvalue weighted by Gasteiger charge is 2.33. The van der Waals surface area contributed by atoms with E-state index in [0.29, 0.717) is 18.4 Å². The van der Waals surface area contributed by atoms with E-state index in [2.05, 4.69) is 4.90 Å². The van der Waals surface area contributed by atoms with Crippen molar-refractivity contribution in [1.29, 1.82) is 0 Å². The molecule has 2 atom stereocenters. The Morgan fingerprint density at radius 2 is 2.00 bits per heavy atom. The van der Waals surface area contributed by atoms with Crippen LogP contribution in [0.2, 0.25) is 0 Å². The quantitative estimate of drug-likeness (QED) is 0.816. The van der Waals surface area contributed by atoms with Crippen molar-refractivity contribution in [2.24, 2.45) is 0 Å². The van der Waals surface area contributed by atoms with Gasteiger partial charge in [0, 0.05) is 38.0 Å². The number of thioether (sulfide) groups is 1. The zero-order valence-corrected chi connectivity index (χ0v) is 14.7. The van der Waals surface area contributed by atoms with E-state index in [0.717, 1.165) is 38.3 Å².